The van der Waals surface area contributed by atoms with Gasteiger partial charge < -0.3 is 10.4 Å². The highest BCUT2D eigenvalue weighted by atomic mass is 79.9. The second kappa shape index (κ2) is 6.73. The predicted octanol–water partition coefficient (Wildman–Crippen LogP) is 3.88. The summed E-state index contributed by atoms with van der Waals surface area (Å²) < 4.78 is 0.738. The molecular formula is C16H18BrNO. The summed E-state index contributed by atoms with van der Waals surface area (Å²) in [5.74, 6) is 0.321. The zero-order chi connectivity index (χ0) is 13.7. The molecule has 3 heteroatoms. The van der Waals surface area contributed by atoms with Crippen molar-refractivity contribution in [3.05, 3.63) is 64.1 Å². The fourth-order valence-electron chi connectivity index (χ4n) is 2.03. The lowest BCUT2D eigenvalue weighted by molar-refractivity contribution is 0.455. The lowest BCUT2D eigenvalue weighted by Gasteiger charge is -2.15. The van der Waals surface area contributed by atoms with Crippen molar-refractivity contribution in [1.29, 1.82) is 0 Å². The molecular weight excluding hydrogens is 302 g/mol. The summed E-state index contributed by atoms with van der Waals surface area (Å²) in [4.78, 5) is 0. The normalized spacial score (nSPS) is 12.3. The van der Waals surface area contributed by atoms with Crippen molar-refractivity contribution >= 4 is 15.9 Å². The quantitative estimate of drug-likeness (QED) is 0.876. The van der Waals surface area contributed by atoms with Crippen molar-refractivity contribution in [2.45, 2.75) is 25.9 Å². The molecule has 0 saturated heterocycles. The predicted molar refractivity (Wildman–Crippen MR) is 82.3 cm³/mol. The Labute approximate surface area is 122 Å². The Morgan fingerprint density at radius 3 is 2.58 bits per heavy atom. The van der Waals surface area contributed by atoms with E-state index in [-0.39, 0.29) is 0 Å². The second-order valence-corrected chi connectivity index (χ2v) is 5.57. The van der Waals surface area contributed by atoms with Crippen LogP contribution in [-0.2, 0) is 13.0 Å². The molecule has 2 rings (SSSR count). The zero-order valence-corrected chi connectivity index (χ0v) is 12.5. The number of benzene rings is 2. The molecule has 0 heterocycles. The number of hydrogen-bond acceptors (Lipinski definition) is 2. The third-order valence-electron chi connectivity index (χ3n) is 3.10. The smallest absolute Gasteiger partial charge is 0.134 e. The van der Waals surface area contributed by atoms with Gasteiger partial charge in [0.15, 0.2) is 0 Å². The maximum absolute atomic E-state index is 9.91. The molecule has 2 aromatic rings. The van der Waals surface area contributed by atoms with E-state index in [0.29, 0.717) is 18.3 Å². The van der Waals surface area contributed by atoms with Gasteiger partial charge >= 0.3 is 0 Å². The van der Waals surface area contributed by atoms with E-state index in [9.17, 15) is 5.11 Å². The molecule has 2 aromatic carbocycles. The van der Waals surface area contributed by atoms with Gasteiger partial charge in [0.1, 0.15) is 5.75 Å². The van der Waals surface area contributed by atoms with E-state index in [4.69, 9.17) is 0 Å². The maximum Gasteiger partial charge on any atom is 0.134 e. The van der Waals surface area contributed by atoms with E-state index >= 15 is 0 Å². The summed E-state index contributed by atoms with van der Waals surface area (Å²) in [5.41, 5.74) is 2.23. The molecule has 0 saturated carbocycles. The number of rotatable bonds is 5. The molecule has 0 fully saturated rings. The van der Waals surface area contributed by atoms with Crippen molar-refractivity contribution in [3.63, 3.8) is 0 Å². The highest BCUT2D eigenvalue weighted by Gasteiger charge is 2.07. The first kappa shape index (κ1) is 14.1. The summed E-state index contributed by atoms with van der Waals surface area (Å²) in [7, 11) is 0. The van der Waals surface area contributed by atoms with Crippen LogP contribution in [0.2, 0.25) is 0 Å². The average Bonchev–Trinajstić information content (AvgIpc) is 2.42. The average molecular weight is 320 g/mol. The lowest BCUT2D eigenvalue weighted by atomic mass is 10.1. The first-order valence-corrected chi connectivity index (χ1v) is 7.20. The fourth-order valence-corrected chi connectivity index (χ4v) is 2.43. The standard InChI is InChI=1S/C16H18BrNO/c1-12(10-13-6-3-2-4-7-13)18-11-14-8-5-9-15(17)16(14)19/h2-9,12,18-19H,10-11H2,1H3. The van der Waals surface area contributed by atoms with Gasteiger partial charge in [-0.2, -0.15) is 0 Å². The summed E-state index contributed by atoms with van der Waals surface area (Å²) >= 11 is 3.33. The van der Waals surface area contributed by atoms with E-state index in [1.54, 1.807) is 0 Å². The maximum atomic E-state index is 9.91. The van der Waals surface area contributed by atoms with Gasteiger partial charge in [0.2, 0.25) is 0 Å². The molecule has 0 aromatic heterocycles. The zero-order valence-electron chi connectivity index (χ0n) is 10.9. The van der Waals surface area contributed by atoms with Crippen LogP contribution in [0.4, 0.5) is 0 Å². The van der Waals surface area contributed by atoms with Gasteiger partial charge in [0.05, 0.1) is 4.47 Å². The Balaban J connectivity index is 1.90. The molecule has 0 aliphatic rings. The first-order chi connectivity index (χ1) is 9.16. The van der Waals surface area contributed by atoms with E-state index in [1.165, 1.54) is 5.56 Å². The molecule has 2 N–H and O–H groups in total. The molecule has 0 spiro atoms. The summed E-state index contributed by atoms with van der Waals surface area (Å²) in [6.07, 6.45) is 0.982. The van der Waals surface area contributed by atoms with E-state index in [1.807, 2.05) is 24.3 Å². The minimum Gasteiger partial charge on any atom is -0.506 e. The summed E-state index contributed by atoms with van der Waals surface area (Å²) in [5, 5.41) is 13.3. The molecule has 0 radical (unpaired) electrons. The van der Waals surface area contributed by atoms with Crippen molar-refractivity contribution in [2.24, 2.45) is 0 Å². The minimum atomic E-state index is 0.321. The molecule has 2 nitrogen and oxygen atoms in total. The molecule has 19 heavy (non-hydrogen) atoms. The van der Waals surface area contributed by atoms with Gasteiger partial charge in [-0.15, -0.1) is 0 Å². The van der Waals surface area contributed by atoms with Crippen LogP contribution in [0.3, 0.4) is 0 Å². The molecule has 0 amide bonds. The Bertz CT molecular complexity index is 528. The summed E-state index contributed by atoms with van der Waals surface area (Å²) in [6.45, 7) is 2.82. The van der Waals surface area contributed by atoms with Crippen LogP contribution in [0.5, 0.6) is 5.75 Å². The van der Waals surface area contributed by atoms with Gasteiger partial charge in [-0.05, 0) is 40.9 Å². The first-order valence-electron chi connectivity index (χ1n) is 6.40. The van der Waals surface area contributed by atoms with Crippen LogP contribution in [-0.4, -0.2) is 11.1 Å². The van der Waals surface area contributed by atoms with Crippen LogP contribution in [0.25, 0.3) is 0 Å². The van der Waals surface area contributed by atoms with E-state index < -0.39 is 0 Å². The Kier molecular flexibility index (Phi) is 5.00. The van der Waals surface area contributed by atoms with Crippen LogP contribution >= 0.6 is 15.9 Å². The Morgan fingerprint density at radius 1 is 1.11 bits per heavy atom. The SMILES string of the molecule is CC(Cc1ccccc1)NCc1cccc(Br)c1O. The Morgan fingerprint density at radius 2 is 1.84 bits per heavy atom. The van der Waals surface area contributed by atoms with Crippen LogP contribution in [0.1, 0.15) is 18.1 Å². The van der Waals surface area contributed by atoms with Gasteiger partial charge in [-0.3, -0.25) is 0 Å². The highest BCUT2D eigenvalue weighted by molar-refractivity contribution is 9.10. The topological polar surface area (TPSA) is 32.3 Å². The van der Waals surface area contributed by atoms with E-state index in [0.717, 1.165) is 16.5 Å². The monoisotopic (exact) mass is 319 g/mol. The molecule has 1 atom stereocenters. The van der Waals surface area contributed by atoms with Gasteiger partial charge in [-0.1, -0.05) is 42.5 Å². The highest BCUT2D eigenvalue weighted by Crippen LogP contribution is 2.27. The third-order valence-corrected chi connectivity index (χ3v) is 3.74. The van der Waals surface area contributed by atoms with Crippen LogP contribution in [0, 0.1) is 0 Å². The van der Waals surface area contributed by atoms with E-state index in [2.05, 4.69) is 52.4 Å². The van der Waals surface area contributed by atoms with Crippen molar-refractivity contribution in [2.75, 3.05) is 0 Å². The molecule has 0 bridgehead atoms. The molecule has 1 unspecified atom stereocenters. The lowest BCUT2D eigenvalue weighted by Crippen LogP contribution is -2.27. The molecule has 100 valence electrons. The van der Waals surface area contributed by atoms with Gasteiger partial charge in [0.25, 0.3) is 0 Å². The second-order valence-electron chi connectivity index (χ2n) is 4.72. The number of halogens is 1. The van der Waals surface area contributed by atoms with Crippen molar-refractivity contribution in [3.8, 4) is 5.75 Å². The van der Waals surface area contributed by atoms with Crippen LogP contribution < -0.4 is 5.32 Å². The largest absolute Gasteiger partial charge is 0.506 e. The number of para-hydroxylation sites is 1. The fraction of sp³-hybridized carbons (Fsp3) is 0.250. The number of nitrogens with one attached hydrogen (secondary N) is 1. The molecule has 0 aliphatic carbocycles. The Hall–Kier alpha value is -1.32. The number of aromatic hydroxyl groups is 1. The van der Waals surface area contributed by atoms with Crippen molar-refractivity contribution < 1.29 is 5.11 Å². The molecule has 0 aliphatic heterocycles. The minimum absolute atomic E-state index is 0.321. The van der Waals surface area contributed by atoms with Crippen molar-refractivity contribution in [1.82, 2.24) is 5.32 Å². The van der Waals surface area contributed by atoms with Gasteiger partial charge in [0, 0.05) is 18.2 Å². The third kappa shape index (κ3) is 4.08. The number of phenolic OH excluding ortho intramolecular Hbond substituents is 1. The summed E-state index contributed by atoms with van der Waals surface area (Å²) in [6, 6.07) is 16.5. The van der Waals surface area contributed by atoms with Gasteiger partial charge in [-0.25, -0.2) is 0 Å². The number of phenols is 1. The van der Waals surface area contributed by atoms with Crippen LogP contribution in [0.15, 0.2) is 53.0 Å². The number of hydrogen-bond donors (Lipinski definition) is 2.